The Balaban J connectivity index is 1.56. The lowest BCUT2D eigenvalue weighted by atomic mass is 10.1. The third kappa shape index (κ3) is 5.15. The van der Waals surface area contributed by atoms with Crippen molar-refractivity contribution in [2.24, 2.45) is 0 Å². The molecule has 2 aliphatic rings. The van der Waals surface area contributed by atoms with Crippen LogP contribution in [0.25, 0.3) is 0 Å². The van der Waals surface area contributed by atoms with E-state index in [9.17, 15) is 13.2 Å². The average molecular weight is 489 g/mol. The van der Waals surface area contributed by atoms with Gasteiger partial charge in [0.05, 0.1) is 24.1 Å². The van der Waals surface area contributed by atoms with Gasteiger partial charge in [-0.3, -0.25) is 4.79 Å². The average Bonchev–Trinajstić information content (AvgIpc) is 3.16. The summed E-state index contributed by atoms with van der Waals surface area (Å²) in [6, 6.07) is 11.9. The van der Waals surface area contributed by atoms with Gasteiger partial charge in [-0.05, 0) is 50.1 Å². The van der Waals surface area contributed by atoms with Crippen LogP contribution in [0.1, 0.15) is 43.0 Å². The summed E-state index contributed by atoms with van der Waals surface area (Å²) < 4.78 is 45.4. The smallest absolute Gasteiger partial charge is 0.257 e. The molecule has 1 amide bonds. The van der Waals surface area contributed by atoms with Crippen LogP contribution < -0.4 is 14.2 Å². The van der Waals surface area contributed by atoms with E-state index in [4.69, 9.17) is 14.2 Å². The standard InChI is InChI=1S/C25H32N2O6S/c1-3-26(17-19-18-32-23-10-6-7-11-24(23)33-19)25(28)21-16-20(12-13-22(21)31-2)34(29,30)27-14-8-4-5-9-15-27/h6-7,10-13,16,19H,3-5,8-9,14-15,17-18H2,1-2H3. The normalized spacial score (nSPS) is 18.7. The first kappa shape index (κ1) is 24.3. The molecule has 0 saturated carbocycles. The number of ether oxygens (including phenoxy) is 3. The second kappa shape index (κ2) is 10.7. The van der Waals surface area contributed by atoms with Crippen LogP contribution in [0.15, 0.2) is 47.4 Å². The summed E-state index contributed by atoms with van der Waals surface area (Å²) in [4.78, 5) is 15.3. The van der Waals surface area contributed by atoms with Gasteiger partial charge in [0, 0.05) is 19.6 Å². The molecule has 2 aromatic rings. The second-order valence-corrected chi connectivity index (χ2v) is 10.5. The van der Waals surface area contributed by atoms with Crippen molar-refractivity contribution in [2.45, 2.75) is 43.6 Å². The molecule has 0 aliphatic carbocycles. The van der Waals surface area contributed by atoms with E-state index in [0.29, 0.717) is 50.0 Å². The van der Waals surface area contributed by atoms with Gasteiger partial charge in [-0.2, -0.15) is 4.31 Å². The van der Waals surface area contributed by atoms with Gasteiger partial charge in [-0.1, -0.05) is 25.0 Å². The number of amides is 1. The Hall–Kier alpha value is -2.78. The molecule has 2 aromatic carbocycles. The first-order chi connectivity index (χ1) is 16.4. The summed E-state index contributed by atoms with van der Waals surface area (Å²) in [5, 5.41) is 0. The molecule has 1 saturated heterocycles. The molecule has 0 N–H and O–H groups in total. The molecule has 1 fully saturated rings. The second-order valence-electron chi connectivity index (χ2n) is 8.52. The Morgan fingerprint density at radius 2 is 1.79 bits per heavy atom. The zero-order valence-electron chi connectivity index (χ0n) is 19.7. The molecule has 184 valence electrons. The van der Waals surface area contributed by atoms with Crippen LogP contribution in [-0.4, -0.2) is 69.5 Å². The Morgan fingerprint density at radius 3 is 2.47 bits per heavy atom. The van der Waals surface area contributed by atoms with E-state index < -0.39 is 10.0 Å². The maximum atomic E-state index is 13.5. The van der Waals surface area contributed by atoms with E-state index in [1.807, 2.05) is 31.2 Å². The molecular weight excluding hydrogens is 456 g/mol. The Bertz CT molecular complexity index is 1110. The molecule has 2 aliphatic heterocycles. The topological polar surface area (TPSA) is 85.4 Å². The number of sulfonamides is 1. The summed E-state index contributed by atoms with van der Waals surface area (Å²) >= 11 is 0. The highest BCUT2D eigenvalue weighted by Gasteiger charge is 2.30. The molecule has 0 spiro atoms. The predicted octanol–water partition coefficient (Wildman–Crippen LogP) is 3.56. The monoisotopic (exact) mass is 488 g/mol. The van der Waals surface area contributed by atoms with Crippen molar-refractivity contribution in [3.8, 4) is 17.2 Å². The molecule has 8 nitrogen and oxygen atoms in total. The maximum Gasteiger partial charge on any atom is 0.257 e. The fraction of sp³-hybridized carbons (Fsp3) is 0.480. The first-order valence-electron chi connectivity index (χ1n) is 11.8. The van der Waals surface area contributed by atoms with E-state index in [1.165, 1.54) is 23.5 Å². The Labute approximate surface area is 201 Å². The molecule has 0 aromatic heterocycles. The molecule has 34 heavy (non-hydrogen) atoms. The van der Waals surface area contributed by atoms with Crippen LogP contribution in [0.3, 0.4) is 0 Å². The van der Waals surface area contributed by atoms with Gasteiger partial charge in [0.15, 0.2) is 17.6 Å². The number of carbonyl (C=O) groups excluding carboxylic acids is 1. The molecule has 0 bridgehead atoms. The number of para-hydroxylation sites is 2. The van der Waals surface area contributed by atoms with Crippen molar-refractivity contribution in [3.63, 3.8) is 0 Å². The summed E-state index contributed by atoms with van der Waals surface area (Å²) in [5.41, 5.74) is 0.220. The molecule has 2 heterocycles. The highest BCUT2D eigenvalue weighted by atomic mass is 32.2. The van der Waals surface area contributed by atoms with Crippen LogP contribution in [0.5, 0.6) is 17.2 Å². The fourth-order valence-corrected chi connectivity index (χ4v) is 5.91. The Morgan fingerprint density at radius 1 is 1.09 bits per heavy atom. The van der Waals surface area contributed by atoms with Gasteiger partial charge in [0.1, 0.15) is 12.4 Å². The van der Waals surface area contributed by atoms with Crippen molar-refractivity contribution in [1.82, 2.24) is 9.21 Å². The van der Waals surface area contributed by atoms with Crippen LogP contribution in [0.4, 0.5) is 0 Å². The lowest BCUT2D eigenvalue weighted by Crippen LogP contribution is -2.43. The number of benzene rings is 2. The van der Waals surface area contributed by atoms with Gasteiger partial charge < -0.3 is 19.1 Å². The molecule has 4 rings (SSSR count). The highest BCUT2D eigenvalue weighted by molar-refractivity contribution is 7.89. The van der Waals surface area contributed by atoms with Crippen molar-refractivity contribution < 1.29 is 27.4 Å². The number of hydrogen-bond donors (Lipinski definition) is 0. The van der Waals surface area contributed by atoms with Crippen LogP contribution in [0.2, 0.25) is 0 Å². The summed E-state index contributed by atoms with van der Waals surface area (Å²) in [5.74, 6) is 1.35. The van der Waals surface area contributed by atoms with Gasteiger partial charge in [0.25, 0.3) is 5.91 Å². The van der Waals surface area contributed by atoms with Gasteiger partial charge >= 0.3 is 0 Å². The quantitative estimate of drug-likeness (QED) is 0.593. The van der Waals surface area contributed by atoms with Gasteiger partial charge in [0.2, 0.25) is 10.0 Å². The SMILES string of the molecule is CCN(CC1COc2ccccc2O1)C(=O)c1cc(S(=O)(=O)N2CCCCCC2)ccc1OC. The number of methoxy groups -OCH3 is 1. The first-order valence-corrected chi connectivity index (χ1v) is 13.2. The lowest BCUT2D eigenvalue weighted by Gasteiger charge is -2.31. The third-order valence-corrected chi connectivity index (χ3v) is 8.16. The molecular formula is C25H32N2O6S. The van der Waals surface area contributed by atoms with E-state index in [1.54, 1.807) is 11.0 Å². The predicted molar refractivity (Wildman–Crippen MR) is 128 cm³/mol. The summed E-state index contributed by atoms with van der Waals surface area (Å²) in [6.07, 6.45) is 3.41. The zero-order chi connectivity index (χ0) is 24.1. The fourth-order valence-electron chi connectivity index (χ4n) is 4.37. The van der Waals surface area contributed by atoms with Crippen molar-refractivity contribution in [2.75, 3.05) is 39.9 Å². The van der Waals surface area contributed by atoms with Crippen LogP contribution >= 0.6 is 0 Å². The molecule has 0 radical (unpaired) electrons. The largest absolute Gasteiger partial charge is 0.496 e. The number of rotatable bonds is 7. The third-order valence-electron chi connectivity index (χ3n) is 6.26. The molecule has 9 heteroatoms. The van der Waals surface area contributed by atoms with Gasteiger partial charge in [-0.25, -0.2) is 8.42 Å². The van der Waals surface area contributed by atoms with Crippen molar-refractivity contribution >= 4 is 15.9 Å². The number of likely N-dealkylation sites (N-methyl/N-ethyl adjacent to an activating group) is 1. The number of carbonyl (C=O) groups is 1. The minimum atomic E-state index is -3.70. The minimum Gasteiger partial charge on any atom is -0.496 e. The number of fused-ring (bicyclic) bond motifs is 1. The van der Waals surface area contributed by atoms with E-state index in [2.05, 4.69) is 0 Å². The van der Waals surface area contributed by atoms with E-state index >= 15 is 0 Å². The summed E-state index contributed by atoms with van der Waals surface area (Å²) in [7, 11) is -2.22. The molecule has 1 unspecified atom stereocenters. The molecule has 1 atom stereocenters. The summed E-state index contributed by atoms with van der Waals surface area (Å²) in [6.45, 7) is 3.92. The van der Waals surface area contributed by atoms with Gasteiger partial charge in [-0.15, -0.1) is 0 Å². The van der Waals surface area contributed by atoms with Crippen molar-refractivity contribution in [1.29, 1.82) is 0 Å². The Kier molecular flexibility index (Phi) is 7.63. The zero-order valence-corrected chi connectivity index (χ0v) is 20.6. The van der Waals surface area contributed by atoms with Crippen LogP contribution in [0, 0.1) is 0 Å². The van der Waals surface area contributed by atoms with E-state index in [0.717, 1.165) is 25.7 Å². The number of hydrogen-bond acceptors (Lipinski definition) is 6. The number of nitrogens with zero attached hydrogens (tertiary/aromatic N) is 2. The lowest BCUT2D eigenvalue weighted by molar-refractivity contribution is 0.0473. The van der Waals surface area contributed by atoms with E-state index in [-0.39, 0.29) is 22.5 Å². The van der Waals surface area contributed by atoms with Crippen molar-refractivity contribution in [3.05, 3.63) is 48.0 Å². The minimum absolute atomic E-state index is 0.112. The highest BCUT2D eigenvalue weighted by Crippen LogP contribution is 2.32. The van der Waals surface area contributed by atoms with Crippen LogP contribution in [-0.2, 0) is 10.0 Å². The maximum absolute atomic E-state index is 13.5.